The summed E-state index contributed by atoms with van der Waals surface area (Å²) in [5, 5.41) is 27.0. The number of rotatable bonds is 15. The Morgan fingerprint density at radius 1 is 0.972 bits per heavy atom. The van der Waals surface area contributed by atoms with E-state index in [-0.39, 0.29) is 25.8 Å². The summed E-state index contributed by atoms with van der Waals surface area (Å²) in [6.07, 6.45) is 2.99. The topological polar surface area (TPSA) is 204 Å². The normalized spacial score (nSPS) is 13.4. The first-order chi connectivity index (χ1) is 17.2. The van der Waals surface area contributed by atoms with E-state index in [0.717, 1.165) is 10.9 Å². The van der Waals surface area contributed by atoms with E-state index < -0.39 is 54.2 Å². The molecule has 0 aliphatic heterocycles. The fourth-order valence-electron chi connectivity index (χ4n) is 3.56. The second kappa shape index (κ2) is 14.1. The first-order valence-electron chi connectivity index (χ1n) is 11.2. The van der Waals surface area contributed by atoms with Crippen molar-refractivity contribution in [2.45, 2.75) is 43.8 Å². The van der Waals surface area contributed by atoms with Gasteiger partial charge in [-0.3, -0.25) is 19.2 Å². The van der Waals surface area contributed by atoms with E-state index in [4.69, 9.17) is 10.8 Å². The van der Waals surface area contributed by atoms with E-state index in [1.165, 1.54) is 11.8 Å². The van der Waals surface area contributed by atoms with Crippen molar-refractivity contribution in [1.29, 1.82) is 0 Å². The molecular formula is C23H31N5O7S. The van der Waals surface area contributed by atoms with Gasteiger partial charge in [0.05, 0.1) is 6.54 Å². The monoisotopic (exact) mass is 521 g/mol. The molecule has 13 heteroatoms. The van der Waals surface area contributed by atoms with E-state index in [2.05, 4.69) is 20.9 Å². The number of thioether (sulfide) groups is 1. The van der Waals surface area contributed by atoms with E-state index >= 15 is 0 Å². The van der Waals surface area contributed by atoms with E-state index in [1.807, 2.05) is 30.5 Å². The molecular weight excluding hydrogens is 490 g/mol. The van der Waals surface area contributed by atoms with Crippen molar-refractivity contribution < 1.29 is 34.2 Å². The third kappa shape index (κ3) is 8.57. The Hall–Kier alpha value is -3.58. The number of para-hydroxylation sites is 1. The number of aromatic amines is 1. The molecule has 0 fully saturated rings. The van der Waals surface area contributed by atoms with Gasteiger partial charge in [0.2, 0.25) is 17.7 Å². The number of benzene rings is 1. The zero-order valence-electron chi connectivity index (χ0n) is 19.8. The summed E-state index contributed by atoms with van der Waals surface area (Å²) in [6.45, 7) is -0.333. The standard InChI is InChI=1S/C23H31N5O7S/c1-36-9-8-17(26-19(29)11-24)22(33)27-16(6-7-20(30)31)21(32)28-18(23(34)35)10-13-12-25-15-5-3-2-4-14(13)15/h2-5,12,16-18,25H,6-11,24H2,1H3,(H,26,29)(H,27,33)(H,28,32)(H,30,31)(H,34,35). The van der Waals surface area contributed by atoms with Crippen LogP contribution in [-0.4, -0.2) is 81.5 Å². The van der Waals surface area contributed by atoms with Crippen LogP contribution in [0.2, 0.25) is 0 Å². The van der Waals surface area contributed by atoms with Crippen molar-refractivity contribution in [2.75, 3.05) is 18.6 Å². The maximum absolute atomic E-state index is 13.0. The number of aromatic nitrogens is 1. The maximum Gasteiger partial charge on any atom is 0.326 e. The van der Waals surface area contributed by atoms with E-state index in [1.54, 1.807) is 6.20 Å². The minimum Gasteiger partial charge on any atom is -0.481 e. The lowest BCUT2D eigenvalue weighted by atomic mass is 10.0. The average Bonchev–Trinajstić information content (AvgIpc) is 3.25. The SMILES string of the molecule is CSCCC(NC(=O)CN)C(=O)NC(CCC(=O)O)C(=O)NC(Cc1c[nH]c2ccccc12)C(=O)O. The molecule has 3 atom stereocenters. The van der Waals surface area contributed by atoms with Gasteiger partial charge < -0.3 is 36.9 Å². The Morgan fingerprint density at radius 2 is 1.61 bits per heavy atom. The maximum atomic E-state index is 13.0. The Labute approximate surface area is 211 Å². The molecule has 8 N–H and O–H groups in total. The number of amides is 3. The smallest absolute Gasteiger partial charge is 0.326 e. The first-order valence-corrected chi connectivity index (χ1v) is 12.6. The van der Waals surface area contributed by atoms with Crippen LogP contribution in [-0.2, 0) is 30.4 Å². The number of hydrogen-bond acceptors (Lipinski definition) is 7. The molecule has 0 aliphatic carbocycles. The lowest BCUT2D eigenvalue weighted by molar-refractivity contribution is -0.143. The van der Waals surface area contributed by atoms with Crippen LogP contribution in [0, 0.1) is 0 Å². The molecule has 0 aliphatic rings. The van der Waals surface area contributed by atoms with Crippen LogP contribution in [0.15, 0.2) is 30.5 Å². The molecule has 3 unspecified atom stereocenters. The quantitative estimate of drug-likeness (QED) is 0.166. The van der Waals surface area contributed by atoms with Crippen molar-refractivity contribution in [2.24, 2.45) is 5.73 Å². The lowest BCUT2D eigenvalue weighted by Crippen LogP contribution is -2.56. The third-order valence-electron chi connectivity index (χ3n) is 5.44. The number of carboxylic acids is 2. The van der Waals surface area contributed by atoms with Crippen molar-refractivity contribution in [3.8, 4) is 0 Å². The molecule has 1 aromatic heterocycles. The number of aliphatic carboxylic acids is 2. The predicted molar refractivity (Wildman–Crippen MR) is 134 cm³/mol. The summed E-state index contributed by atoms with van der Waals surface area (Å²) in [7, 11) is 0. The van der Waals surface area contributed by atoms with Gasteiger partial charge in [-0.15, -0.1) is 0 Å². The van der Waals surface area contributed by atoms with Crippen LogP contribution < -0.4 is 21.7 Å². The Bertz CT molecular complexity index is 1090. The van der Waals surface area contributed by atoms with Crippen LogP contribution in [0.5, 0.6) is 0 Å². The molecule has 1 aromatic carbocycles. The van der Waals surface area contributed by atoms with Crippen LogP contribution in [0.3, 0.4) is 0 Å². The summed E-state index contributed by atoms with van der Waals surface area (Å²) in [5.41, 5.74) is 6.80. The summed E-state index contributed by atoms with van der Waals surface area (Å²) in [4.78, 5) is 63.7. The van der Waals surface area contributed by atoms with E-state index in [9.17, 15) is 29.1 Å². The van der Waals surface area contributed by atoms with Gasteiger partial charge in [-0.2, -0.15) is 11.8 Å². The molecule has 0 spiro atoms. The highest BCUT2D eigenvalue weighted by molar-refractivity contribution is 7.98. The number of H-pyrrole nitrogens is 1. The van der Waals surface area contributed by atoms with Crippen LogP contribution in [0.25, 0.3) is 10.9 Å². The molecule has 0 bridgehead atoms. The van der Waals surface area contributed by atoms with Crippen LogP contribution >= 0.6 is 11.8 Å². The zero-order chi connectivity index (χ0) is 26.7. The highest BCUT2D eigenvalue weighted by atomic mass is 32.2. The third-order valence-corrected chi connectivity index (χ3v) is 6.09. The van der Waals surface area contributed by atoms with Crippen molar-refractivity contribution >= 4 is 52.3 Å². The molecule has 0 radical (unpaired) electrons. The molecule has 1 heterocycles. The van der Waals surface area contributed by atoms with E-state index in [0.29, 0.717) is 11.3 Å². The second-order valence-corrected chi connectivity index (χ2v) is 9.05. The Balaban J connectivity index is 2.18. The molecule has 12 nitrogen and oxygen atoms in total. The highest BCUT2D eigenvalue weighted by Gasteiger charge is 2.30. The number of hydrogen-bond donors (Lipinski definition) is 7. The number of fused-ring (bicyclic) bond motifs is 1. The van der Waals surface area contributed by atoms with Crippen molar-refractivity contribution in [1.82, 2.24) is 20.9 Å². The average molecular weight is 522 g/mol. The Morgan fingerprint density at radius 3 is 2.22 bits per heavy atom. The van der Waals surface area contributed by atoms with Crippen LogP contribution in [0.4, 0.5) is 0 Å². The number of nitrogens with one attached hydrogen (secondary N) is 4. The van der Waals surface area contributed by atoms with Gasteiger partial charge in [-0.1, -0.05) is 18.2 Å². The summed E-state index contributed by atoms with van der Waals surface area (Å²) < 4.78 is 0. The zero-order valence-corrected chi connectivity index (χ0v) is 20.6. The molecule has 36 heavy (non-hydrogen) atoms. The second-order valence-electron chi connectivity index (χ2n) is 8.06. The Kier molecular flexibility index (Phi) is 11.2. The van der Waals surface area contributed by atoms with Gasteiger partial charge in [0.15, 0.2) is 0 Å². The summed E-state index contributed by atoms with van der Waals surface area (Å²) in [6, 6.07) is 3.65. The highest BCUT2D eigenvalue weighted by Crippen LogP contribution is 2.19. The summed E-state index contributed by atoms with van der Waals surface area (Å²) in [5.74, 6) is -4.05. The largest absolute Gasteiger partial charge is 0.481 e. The number of carbonyl (C=O) groups excluding carboxylic acids is 3. The van der Waals surface area contributed by atoms with Gasteiger partial charge in [-0.05, 0) is 36.5 Å². The van der Waals surface area contributed by atoms with Gasteiger partial charge in [0.1, 0.15) is 18.1 Å². The molecule has 2 rings (SSSR count). The van der Waals surface area contributed by atoms with Gasteiger partial charge in [0, 0.05) is 29.9 Å². The van der Waals surface area contributed by atoms with Crippen molar-refractivity contribution in [3.63, 3.8) is 0 Å². The number of carbonyl (C=O) groups is 5. The molecule has 3 amide bonds. The van der Waals surface area contributed by atoms with Gasteiger partial charge in [-0.25, -0.2) is 4.79 Å². The molecule has 2 aromatic rings. The fraction of sp³-hybridized carbons (Fsp3) is 0.435. The summed E-state index contributed by atoms with van der Waals surface area (Å²) >= 11 is 1.45. The first kappa shape index (κ1) is 28.7. The van der Waals surface area contributed by atoms with Gasteiger partial charge in [0.25, 0.3) is 0 Å². The predicted octanol–water partition coefficient (Wildman–Crippen LogP) is -0.174. The lowest BCUT2D eigenvalue weighted by Gasteiger charge is -2.24. The molecule has 0 saturated carbocycles. The fourth-order valence-corrected chi connectivity index (χ4v) is 4.03. The van der Waals surface area contributed by atoms with Crippen molar-refractivity contribution in [3.05, 3.63) is 36.0 Å². The number of carboxylic acid groups (broad SMARTS) is 2. The molecule has 0 saturated heterocycles. The minimum atomic E-state index is -1.33. The van der Waals surface area contributed by atoms with Gasteiger partial charge >= 0.3 is 11.9 Å². The molecule has 196 valence electrons. The number of nitrogens with two attached hydrogens (primary N) is 1. The minimum absolute atomic E-state index is 0.0341. The van der Waals surface area contributed by atoms with Crippen LogP contribution in [0.1, 0.15) is 24.8 Å².